The minimum Gasteiger partial charge on any atom is -0.399 e. The van der Waals surface area contributed by atoms with Crippen LogP contribution in [0.15, 0.2) is 36.7 Å². The maximum atomic E-state index is 6.35. The van der Waals surface area contributed by atoms with E-state index in [2.05, 4.69) is 13.7 Å². The lowest BCUT2D eigenvalue weighted by Crippen LogP contribution is -1.95. The third-order valence-corrected chi connectivity index (χ3v) is 4.01. The van der Waals surface area contributed by atoms with Gasteiger partial charge in [-0.2, -0.15) is 8.75 Å². The molecule has 0 aliphatic carbocycles. The molecule has 0 radical (unpaired) electrons. The molecule has 0 fully saturated rings. The zero-order chi connectivity index (χ0) is 13.7. The highest BCUT2D eigenvalue weighted by molar-refractivity contribution is 7.00. The molecule has 0 unspecified atom stereocenters. The third kappa shape index (κ3) is 1.59. The Morgan fingerprint density at radius 1 is 1.10 bits per heavy atom. The van der Waals surface area contributed by atoms with Gasteiger partial charge in [-0.25, -0.2) is 4.98 Å². The highest BCUT2D eigenvalue weighted by Crippen LogP contribution is 2.31. The summed E-state index contributed by atoms with van der Waals surface area (Å²) in [4.78, 5) is 4.37. The number of hydrogen-bond donors (Lipinski definition) is 1. The monoisotopic (exact) mass is 301 g/mol. The molecule has 5 nitrogen and oxygen atoms in total. The van der Waals surface area contributed by atoms with Crippen molar-refractivity contribution in [2.24, 2.45) is 0 Å². The lowest BCUT2D eigenvalue weighted by molar-refractivity contribution is 1.10. The molecule has 0 amide bonds. The van der Waals surface area contributed by atoms with Crippen LogP contribution in [0.4, 0.5) is 5.69 Å². The second kappa shape index (κ2) is 4.16. The van der Waals surface area contributed by atoms with Crippen LogP contribution in [-0.4, -0.2) is 18.3 Å². The molecule has 0 spiro atoms. The molecule has 2 aromatic carbocycles. The van der Waals surface area contributed by atoms with Crippen LogP contribution in [0.3, 0.4) is 0 Å². The number of nitrogens with two attached hydrogens (primary N) is 1. The van der Waals surface area contributed by atoms with E-state index in [9.17, 15) is 0 Å². The summed E-state index contributed by atoms with van der Waals surface area (Å²) in [7, 11) is 0. The molecule has 0 saturated heterocycles. The fourth-order valence-corrected chi connectivity index (χ4v) is 3.03. The van der Waals surface area contributed by atoms with Crippen LogP contribution in [0.2, 0.25) is 5.02 Å². The van der Waals surface area contributed by atoms with E-state index in [1.165, 1.54) is 11.7 Å². The number of fused-ring (bicyclic) bond motifs is 2. The van der Waals surface area contributed by atoms with Crippen molar-refractivity contribution in [3.05, 3.63) is 41.7 Å². The summed E-state index contributed by atoms with van der Waals surface area (Å²) in [5, 5.41) is 0.612. The summed E-state index contributed by atoms with van der Waals surface area (Å²) >= 11 is 7.52. The van der Waals surface area contributed by atoms with Crippen molar-refractivity contribution in [2.75, 3.05) is 5.73 Å². The molecule has 0 aliphatic rings. The maximum Gasteiger partial charge on any atom is 0.130 e. The first kappa shape index (κ1) is 11.6. The molecule has 4 aromatic rings. The van der Waals surface area contributed by atoms with Crippen molar-refractivity contribution in [1.82, 2.24) is 18.3 Å². The molecular formula is C13H8ClN5S. The molecule has 20 heavy (non-hydrogen) atoms. The Morgan fingerprint density at radius 3 is 2.90 bits per heavy atom. The van der Waals surface area contributed by atoms with Crippen LogP contribution in [0, 0.1) is 0 Å². The van der Waals surface area contributed by atoms with Gasteiger partial charge in [0.15, 0.2) is 0 Å². The second-order valence-electron chi connectivity index (χ2n) is 4.39. The Kier molecular flexibility index (Phi) is 2.42. The van der Waals surface area contributed by atoms with Crippen molar-refractivity contribution in [2.45, 2.75) is 0 Å². The first-order valence-electron chi connectivity index (χ1n) is 5.88. The standard InChI is InChI=1S/C13H8ClN5S/c14-8-2-3-9-12(18-20-17-9)13(8)19-6-16-10-5-7(15)1-4-11(10)19/h1-6H,15H2. The molecule has 98 valence electrons. The molecule has 0 atom stereocenters. The molecule has 0 saturated carbocycles. The minimum absolute atomic E-state index is 0.612. The number of nitrogen functional groups attached to an aromatic ring is 1. The largest absolute Gasteiger partial charge is 0.399 e. The van der Waals surface area contributed by atoms with Gasteiger partial charge in [0.1, 0.15) is 17.4 Å². The Hall–Kier alpha value is -2.18. The molecule has 0 aliphatic heterocycles. The average molecular weight is 302 g/mol. The smallest absolute Gasteiger partial charge is 0.130 e. The summed E-state index contributed by atoms with van der Waals surface area (Å²) in [5.74, 6) is 0. The van der Waals surface area contributed by atoms with Crippen LogP contribution in [-0.2, 0) is 0 Å². The van der Waals surface area contributed by atoms with E-state index in [4.69, 9.17) is 17.3 Å². The lowest BCUT2D eigenvalue weighted by Gasteiger charge is -2.07. The summed E-state index contributed by atoms with van der Waals surface area (Å²) in [6.07, 6.45) is 1.73. The van der Waals surface area contributed by atoms with Crippen molar-refractivity contribution >= 4 is 51.1 Å². The van der Waals surface area contributed by atoms with Crippen LogP contribution in [0.1, 0.15) is 0 Å². The van der Waals surface area contributed by atoms with Crippen LogP contribution in [0.25, 0.3) is 27.8 Å². The molecule has 2 aromatic heterocycles. The first-order valence-corrected chi connectivity index (χ1v) is 6.98. The van der Waals surface area contributed by atoms with Crippen LogP contribution >= 0.6 is 23.3 Å². The van der Waals surface area contributed by atoms with Gasteiger partial charge in [0.05, 0.1) is 33.5 Å². The van der Waals surface area contributed by atoms with Gasteiger partial charge in [-0.1, -0.05) is 11.6 Å². The van der Waals surface area contributed by atoms with Crippen molar-refractivity contribution in [1.29, 1.82) is 0 Å². The van der Waals surface area contributed by atoms with E-state index in [0.29, 0.717) is 10.7 Å². The molecule has 7 heteroatoms. The predicted octanol–water partition coefficient (Wildman–Crippen LogP) is 3.27. The van der Waals surface area contributed by atoms with Crippen molar-refractivity contribution < 1.29 is 0 Å². The number of halogens is 1. The van der Waals surface area contributed by atoms with Crippen LogP contribution < -0.4 is 5.73 Å². The number of anilines is 1. The Bertz CT molecular complexity index is 942. The molecule has 2 N–H and O–H groups in total. The Balaban J connectivity index is 2.11. The number of imidazole rings is 1. The Labute approximate surface area is 122 Å². The molecule has 2 heterocycles. The van der Waals surface area contributed by atoms with Gasteiger partial charge in [0.25, 0.3) is 0 Å². The fraction of sp³-hybridized carbons (Fsp3) is 0. The zero-order valence-corrected chi connectivity index (χ0v) is 11.7. The predicted molar refractivity (Wildman–Crippen MR) is 81.5 cm³/mol. The molecular weight excluding hydrogens is 294 g/mol. The maximum absolute atomic E-state index is 6.35. The number of rotatable bonds is 1. The normalized spacial score (nSPS) is 11.4. The van der Waals surface area contributed by atoms with Gasteiger partial charge < -0.3 is 5.73 Å². The van der Waals surface area contributed by atoms with Crippen molar-refractivity contribution in [3.8, 4) is 5.69 Å². The topological polar surface area (TPSA) is 69.6 Å². The van der Waals surface area contributed by atoms with Gasteiger partial charge >= 0.3 is 0 Å². The number of nitrogens with zero attached hydrogens (tertiary/aromatic N) is 4. The van der Waals surface area contributed by atoms with E-state index in [1.54, 1.807) is 6.33 Å². The number of aromatic nitrogens is 4. The first-order chi connectivity index (χ1) is 9.74. The van der Waals surface area contributed by atoms with Gasteiger partial charge in [-0.05, 0) is 30.3 Å². The second-order valence-corrected chi connectivity index (χ2v) is 5.33. The summed E-state index contributed by atoms with van der Waals surface area (Å²) in [6, 6.07) is 9.28. The lowest BCUT2D eigenvalue weighted by atomic mass is 10.2. The average Bonchev–Trinajstić information content (AvgIpc) is 3.05. The highest BCUT2D eigenvalue weighted by atomic mass is 35.5. The SMILES string of the molecule is Nc1ccc2c(c1)ncn2-c1c(Cl)ccc2nsnc12. The van der Waals surface area contributed by atoms with Gasteiger partial charge in [0.2, 0.25) is 0 Å². The van der Waals surface area contributed by atoms with E-state index in [0.717, 1.165) is 27.8 Å². The summed E-state index contributed by atoms with van der Waals surface area (Å²) in [5.41, 5.74) is 10.6. The third-order valence-electron chi connectivity index (χ3n) is 3.16. The van der Waals surface area contributed by atoms with E-state index in [1.807, 2.05) is 34.9 Å². The van der Waals surface area contributed by atoms with Gasteiger partial charge in [-0.15, -0.1) is 0 Å². The van der Waals surface area contributed by atoms with Gasteiger partial charge in [-0.3, -0.25) is 4.57 Å². The van der Waals surface area contributed by atoms with Gasteiger partial charge in [0, 0.05) is 5.69 Å². The fourth-order valence-electron chi connectivity index (χ4n) is 2.25. The summed E-state index contributed by atoms with van der Waals surface area (Å²) in [6.45, 7) is 0. The Morgan fingerprint density at radius 2 is 2.00 bits per heavy atom. The minimum atomic E-state index is 0.612. The van der Waals surface area contributed by atoms with E-state index in [-0.39, 0.29) is 0 Å². The van der Waals surface area contributed by atoms with E-state index < -0.39 is 0 Å². The zero-order valence-electron chi connectivity index (χ0n) is 10.1. The highest BCUT2D eigenvalue weighted by Gasteiger charge is 2.14. The van der Waals surface area contributed by atoms with E-state index >= 15 is 0 Å². The summed E-state index contributed by atoms with van der Waals surface area (Å²) < 4.78 is 10.5. The quantitative estimate of drug-likeness (QED) is 0.548. The van der Waals surface area contributed by atoms with Crippen LogP contribution in [0.5, 0.6) is 0 Å². The van der Waals surface area contributed by atoms with Crippen molar-refractivity contribution in [3.63, 3.8) is 0 Å². The number of benzene rings is 2. The number of hydrogen-bond acceptors (Lipinski definition) is 5. The molecule has 4 rings (SSSR count). The molecule has 0 bridgehead atoms.